The van der Waals surface area contributed by atoms with E-state index in [0.717, 1.165) is 25.0 Å². The molecule has 1 atom stereocenters. The van der Waals surface area contributed by atoms with Crippen LogP contribution in [0.4, 0.5) is 19.0 Å². The first kappa shape index (κ1) is 17.2. The van der Waals surface area contributed by atoms with Crippen molar-refractivity contribution in [1.82, 2.24) is 9.97 Å². The van der Waals surface area contributed by atoms with Gasteiger partial charge in [0.1, 0.15) is 23.4 Å². The van der Waals surface area contributed by atoms with Gasteiger partial charge in [0.25, 0.3) is 0 Å². The lowest BCUT2D eigenvalue weighted by Gasteiger charge is -2.19. The lowest BCUT2D eigenvalue weighted by molar-refractivity contribution is -0.137. The fourth-order valence-electron chi connectivity index (χ4n) is 2.47. The number of anilines is 1. The summed E-state index contributed by atoms with van der Waals surface area (Å²) in [6, 6.07) is 7.34. The number of alkyl halides is 3. The predicted octanol–water partition coefficient (Wildman–Crippen LogP) is 3.39. The third-order valence-corrected chi connectivity index (χ3v) is 3.92. The van der Waals surface area contributed by atoms with E-state index in [-0.39, 0.29) is 17.2 Å². The SMILES string of the molecule is N#Cc1cc(NC(CO)c2cccc(C(F)(F)F)c2)nc(C2CC2)n1. The second kappa shape index (κ2) is 6.69. The molecular formula is C17H15F3N4O. The molecule has 0 saturated heterocycles. The largest absolute Gasteiger partial charge is 0.416 e. The summed E-state index contributed by atoms with van der Waals surface area (Å²) in [7, 11) is 0. The van der Waals surface area contributed by atoms with Crippen LogP contribution in [0.3, 0.4) is 0 Å². The molecule has 1 heterocycles. The van der Waals surface area contributed by atoms with Crippen molar-refractivity contribution < 1.29 is 18.3 Å². The Labute approximate surface area is 142 Å². The molecule has 1 aliphatic carbocycles. The number of benzene rings is 1. The van der Waals surface area contributed by atoms with Gasteiger partial charge in [-0.2, -0.15) is 18.4 Å². The van der Waals surface area contributed by atoms with Gasteiger partial charge in [-0.1, -0.05) is 12.1 Å². The number of nitrogens with zero attached hydrogens (tertiary/aromatic N) is 3. The highest BCUT2D eigenvalue weighted by Crippen LogP contribution is 2.38. The molecule has 1 saturated carbocycles. The number of hydrogen-bond acceptors (Lipinski definition) is 5. The van der Waals surface area contributed by atoms with Crippen LogP contribution >= 0.6 is 0 Å². The third kappa shape index (κ3) is 4.06. The summed E-state index contributed by atoms with van der Waals surface area (Å²) in [5.74, 6) is 1.07. The van der Waals surface area contributed by atoms with Gasteiger partial charge >= 0.3 is 6.18 Å². The second-order valence-electron chi connectivity index (χ2n) is 5.89. The topological polar surface area (TPSA) is 81.8 Å². The standard InChI is InChI=1S/C17H15F3N4O/c18-17(19,20)12-3-1-2-11(6-12)14(9-25)23-15-7-13(8-21)22-16(24-15)10-4-5-10/h1-3,6-7,10,14,25H,4-5,9H2,(H,22,23,24). The van der Waals surface area contributed by atoms with Crippen LogP contribution in [-0.2, 0) is 6.18 Å². The number of aliphatic hydroxyl groups is 1. The van der Waals surface area contributed by atoms with E-state index in [4.69, 9.17) is 5.26 Å². The molecule has 25 heavy (non-hydrogen) atoms. The zero-order valence-electron chi connectivity index (χ0n) is 13.1. The van der Waals surface area contributed by atoms with Gasteiger partial charge in [0, 0.05) is 12.0 Å². The van der Waals surface area contributed by atoms with E-state index >= 15 is 0 Å². The molecule has 8 heteroatoms. The summed E-state index contributed by atoms with van der Waals surface area (Å²) in [4.78, 5) is 8.46. The van der Waals surface area contributed by atoms with E-state index < -0.39 is 24.4 Å². The van der Waals surface area contributed by atoms with E-state index in [2.05, 4.69) is 15.3 Å². The van der Waals surface area contributed by atoms with E-state index in [1.165, 1.54) is 18.2 Å². The second-order valence-corrected chi connectivity index (χ2v) is 5.89. The minimum atomic E-state index is -4.46. The predicted molar refractivity (Wildman–Crippen MR) is 83.6 cm³/mol. The van der Waals surface area contributed by atoms with Gasteiger partial charge in [0.2, 0.25) is 0 Å². The summed E-state index contributed by atoms with van der Waals surface area (Å²) in [5.41, 5.74) is -0.327. The summed E-state index contributed by atoms with van der Waals surface area (Å²) >= 11 is 0. The molecule has 1 aromatic carbocycles. The smallest absolute Gasteiger partial charge is 0.394 e. The molecule has 1 unspecified atom stereocenters. The Balaban J connectivity index is 1.88. The Hall–Kier alpha value is -2.66. The fraction of sp³-hybridized carbons (Fsp3) is 0.353. The van der Waals surface area contributed by atoms with Crippen molar-refractivity contribution >= 4 is 5.82 Å². The first-order valence-electron chi connectivity index (χ1n) is 7.74. The quantitative estimate of drug-likeness (QED) is 0.866. The number of aromatic nitrogens is 2. The maximum atomic E-state index is 12.9. The number of rotatable bonds is 5. The van der Waals surface area contributed by atoms with E-state index in [9.17, 15) is 18.3 Å². The molecule has 0 spiro atoms. The Kier molecular flexibility index (Phi) is 4.59. The molecule has 2 N–H and O–H groups in total. The van der Waals surface area contributed by atoms with Gasteiger partial charge in [0.05, 0.1) is 18.2 Å². The average Bonchev–Trinajstić information content (AvgIpc) is 3.44. The lowest BCUT2D eigenvalue weighted by Crippen LogP contribution is -2.17. The maximum absolute atomic E-state index is 12.9. The van der Waals surface area contributed by atoms with Gasteiger partial charge in [-0.15, -0.1) is 0 Å². The van der Waals surface area contributed by atoms with Gasteiger partial charge < -0.3 is 10.4 Å². The number of hydrogen-bond donors (Lipinski definition) is 2. The number of nitriles is 1. The van der Waals surface area contributed by atoms with Crippen molar-refractivity contribution in [2.75, 3.05) is 11.9 Å². The normalized spacial score (nSPS) is 15.5. The fourth-order valence-corrected chi connectivity index (χ4v) is 2.47. The van der Waals surface area contributed by atoms with Gasteiger partial charge in [-0.05, 0) is 30.5 Å². The number of nitrogens with one attached hydrogen (secondary N) is 1. The molecule has 1 fully saturated rings. The van der Waals surface area contributed by atoms with Crippen molar-refractivity contribution in [2.24, 2.45) is 0 Å². The highest BCUT2D eigenvalue weighted by molar-refractivity contribution is 5.44. The lowest BCUT2D eigenvalue weighted by atomic mass is 10.0. The Morgan fingerprint density at radius 2 is 2.04 bits per heavy atom. The molecule has 3 rings (SSSR count). The van der Waals surface area contributed by atoms with Crippen LogP contribution in [0.1, 0.15) is 47.4 Å². The third-order valence-electron chi connectivity index (χ3n) is 3.92. The van der Waals surface area contributed by atoms with Gasteiger partial charge in [0.15, 0.2) is 0 Å². The molecule has 130 valence electrons. The zero-order chi connectivity index (χ0) is 18.0. The van der Waals surface area contributed by atoms with E-state index in [0.29, 0.717) is 11.6 Å². The van der Waals surface area contributed by atoms with E-state index in [1.54, 1.807) is 0 Å². The molecule has 0 aliphatic heterocycles. The molecule has 2 aromatic rings. The monoisotopic (exact) mass is 348 g/mol. The van der Waals surface area contributed by atoms with Crippen LogP contribution in [0.2, 0.25) is 0 Å². The summed E-state index contributed by atoms with van der Waals surface area (Å²) in [6.45, 7) is -0.425. The van der Waals surface area contributed by atoms with Crippen LogP contribution in [0, 0.1) is 11.3 Å². The Morgan fingerprint density at radius 3 is 2.64 bits per heavy atom. The van der Waals surface area contributed by atoms with Crippen LogP contribution in [-0.4, -0.2) is 21.7 Å². The van der Waals surface area contributed by atoms with Crippen LogP contribution < -0.4 is 5.32 Å². The Bertz CT molecular complexity index is 812. The first-order valence-corrected chi connectivity index (χ1v) is 7.74. The Morgan fingerprint density at radius 1 is 1.28 bits per heavy atom. The van der Waals surface area contributed by atoms with Crippen molar-refractivity contribution in [1.29, 1.82) is 5.26 Å². The molecule has 1 aliphatic rings. The highest BCUT2D eigenvalue weighted by atomic mass is 19.4. The van der Waals surface area contributed by atoms with Crippen molar-refractivity contribution in [3.8, 4) is 6.07 Å². The van der Waals surface area contributed by atoms with Crippen molar-refractivity contribution in [3.63, 3.8) is 0 Å². The minimum Gasteiger partial charge on any atom is -0.394 e. The van der Waals surface area contributed by atoms with Crippen molar-refractivity contribution in [2.45, 2.75) is 31.0 Å². The zero-order valence-corrected chi connectivity index (χ0v) is 13.1. The number of aliphatic hydroxyl groups excluding tert-OH is 1. The maximum Gasteiger partial charge on any atom is 0.416 e. The van der Waals surface area contributed by atoms with Crippen LogP contribution in [0.15, 0.2) is 30.3 Å². The molecule has 5 nitrogen and oxygen atoms in total. The highest BCUT2D eigenvalue weighted by Gasteiger charge is 2.31. The van der Waals surface area contributed by atoms with Gasteiger partial charge in [-0.3, -0.25) is 0 Å². The summed E-state index contributed by atoms with van der Waals surface area (Å²) < 4.78 is 38.6. The average molecular weight is 348 g/mol. The van der Waals surface area contributed by atoms with E-state index in [1.807, 2.05) is 6.07 Å². The number of halogens is 3. The van der Waals surface area contributed by atoms with Gasteiger partial charge in [-0.25, -0.2) is 9.97 Å². The first-order chi connectivity index (χ1) is 11.9. The molecule has 0 amide bonds. The molecular weight excluding hydrogens is 333 g/mol. The van der Waals surface area contributed by atoms with Crippen LogP contribution in [0.25, 0.3) is 0 Å². The molecule has 1 aromatic heterocycles. The minimum absolute atomic E-state index is 0.181. The molecule has 0 bridgehead atoms. The summed E-state index contributed by atoms with van der Waals surface area (Å²) in [6.07, 6.45) is -2.56. The summed E-state index contributed by atoms with van der Waals surface area (Å²) in [5, 5.41) is 21.6. The van der Waals surface area contributed by atoms with Crippen LogP contribution in [0.5, 0.6) is 0 Å². The molecule has 0 radical (unpaired) electrons. The van der Waals surface area contributed by atoms with Crippen molar-refractivity contribution in [3.05, 3.63) is 53.0 Å².